The zero-order valence-electron chi connectivity index (χ0n) is 15.7. The maximum Gasteiger partial charge on any atom is 0.225 e. The number of aromatic nitrogens is 3. The van der Waals surface area contributed by atoms with Crippen LogP contribution in [0.1, 0.15) is 24.0 Å². The number of para-hydroxylation sites is 1. The third kappa shape index (κ3) is 4.81. The standard InChI is InChI=1S/C22H20Cl2N4O/c23-17-10-8-15(9-11-17)13-28-14-19(24)22(27-28)26-21(29)7-3-4-16-12-25-20-6-2-1-5-18(16)20/h1-2,5-6,8-12,14,25H,3-4,7,13H2,(H,26,27,29). The molecule has 0 radical (unpaired) electrons. The number of nitrogens with zero attached hydrogens (tertiary/aromatic N) is 2. The highest BCUT2D eigenvalue weighted by Gasteiger charge is 2.12. The van der Waals surface area contributed by atoms with E-state index in [-0.39, 0.29) is 5.91 Å². The molecule has 0 aliphatic rings. The summed E-state index contributed by atoms with van der Waals surface area (Å²) >= 11 is 12.1. The summed E-state index contributed by atoms with van der Waals surface area (Å²) in [5, 5.41) is 9.51. The van der Waals surface area contributed by atoms with Crippen molar-refractivity contribution in [3.8, 4) is 0 Å². The summed E-state index contributed by atoms with van der Waals surface area (Å²) in [6, 6.07) is 15.7. The lowest BCUT2D eigenvalue weighted by atomic mass is 10.1. The summed E-state index contributed by atoms with van der Waals surface area (Å²) in [4.78, 5) is 15.6. The third-order valence-corrected chi connectivity index (χ3v) is 5.29. The fourth-order valence-corrected chi connectivity index (χ4v) is 3.64. The maximum atomic E-state index is 12.3. The van der Waals surface area contributed by atoms with Crippen molar-refractivity contribution in [3.63, 3.8) is 0 Å². The molecule has 148 valence electrons. The smallest absolute Gasteiger partial charge is 0.225 e. The molecule has 2 aromatic heterocycles. The van der Waals surface area contributed by atoms with Crippen LogP contribution in [-0.2, 0) is 17.8 Å². The first-order chi connectivity index (χ1) is 14.1. The van der Waals surface area contributed by atoms with E-state index in [4.69, 9.17) is 23.2 Å². The normalized spacial score (nSPS) is 11.1. The number of carbonyl (C=O) groups is 1. The molecule has 2 heterocycles. The summed E-state index contributed by atoms with van der Waals surface area (Å²) in [6.07, 6.45) is 5.70. The Labute approximate surface area is 178 Å². The molecule has 0 aliphatic carbocycles. The predicted octanol–water partition coefficient (Wildman–Crippen LogP) is 5.68. The van der Waals surface area contributed by atoms with Crippen molar-refractivity contribution in [2.45, 2.75) is 25.8 Å². The lowest BCUT2D eigenvalue weighted by Gasteiger charge is -2.04. The first-order valence-corrected chi connectivity index (χ1v) is 10.2. The number of anilines is 1. The number of carbonyl (C=O) groups excluding carboxylic acids is 1. The molecule has 0 bridgehead atoms. The Hall–Kier alpha value is -2.76. The van der Waals surface area contributed by atoms with Gasteiger partial charge in [0.15, 0.2) is 5.82 Å². The zero-order chi connectivity index (χ0) is 20.2. The minimum Gasteiger partial charge on any atom is -0.361 e. The number of amides is 1. The number of benzene rings is 2. The van der Waals surface area contributed by atoms with Crippen LogP contribution >= 0.6 is 23.2 Å². The van der Waals surface area contributed by atoms with E-state index in [1.165, 1.54) is 10.9 Å². The molecule has 0 saturated heterocycles. The van der Waals surface area contributed by atoms with Gasteiger partial charge in [-0.1, -0.05) is 53.5 Å². The van der Waals surface area contributed by atoms with Gasteiger partial charge in [0, 0.05) is 34.7 Å². The largest absolute Gasteiger partial charge is 0.361 e. The van der Waals surface area contributed by atoms with Gasteiger partial charge in [-0.2, -0.15) is 5.10 Å². The Morgan fingerprint density at radius 1 is 1.10 bits per heavy atom. The Balaban J connectivity index is 1.31. The molecule has 7 heteroatoms. The highest BCUT2D eigenvalue weighted by molar-refractivity contribution is 6.33. The molecule has 4 rings (SSSR count). The predicted molar refractivity (Wildman–Crippen MR) is 118 cm³/mol. The van der Waals surface area contributed by atoms with Crippen LogP contribution in [0.25, 0.3) is 10.9 Å². The van der Waals surface area contributed by atoms with E-state index in [1.54, 1.807) is 10.9 Å². The molecule has 0 spiro atoms. The minimum absolute atomic E-state index is 0.0940. The summed E-state index contributed by atoms with van der Waals surface area (Å²) in [5.41, 5.74) is 3.38. The number of halogens is 2. The van der Waals surface area contributed by atoms with Crippen LogP contribution in [0.5, 0.6) is 0 Å². The number of nitrogens with one attached hydrogen (secondary N) is 2. The van der Waals surface area contributed by atoms with Crippen molar-refractivity contribution in [2.24, 2.45) is 0 Å². The average molecular weight is 427 g/mol. The second-order valence-corrected chi connectivity index (χ2v) is 7.75. The van der Waals surface area contributed by atoms with Gasteiger partial charge in [-0.25, -0.2) is 0 Å². The monoisotopic (exact) mass is 426 g/mol. The molecule has 1 amide bonds. The highest BCUT2D eigenvalue weighted by Crippen LogP contribution is 2.22. The number of hydrogen-bond acceptors (Lipinski definition) is 2. The van der Waals surface area contributed by atoms with Crippen molar-refractivity contribution in [1.82, 2.24) is 14.8 Å². The van der Waals surface area contributed by atoms with Crippen LogP contribution in [0.2, 0.25) is 10.0 Å². The van der Waals surface area contributed by atoms with Gasteiger partial charge < -0.3 is 10.3 Å². The molecule has 29 heavy (non-hydrogen) atoms. The van der Waals surface area contributed by atoms with E-state index in [0.29, 0.717) is 28.8 Å². The summed E-state index contributed by atoms with van der Waals surface area (Å²) < 4.78 is 1.70. The Morgan fingerprint density at radius 3 is 2.72 bits per heavy atom. The Kier molecular flexibility index (Phi) is 5.88. The van der Waals surface area contributed by atoms with Gasteiger partial charge in [0.25, 0.3) is 0 Å². The summed E-state index contributed by atoms with van der Waals surface area (Å²) in [6.45, 7) is 0.549. The summed E-state index contributed by atoms with van der Waals surface area (Å²) in [7, 11) is 0. The lowest BCUT2D eigenvalue weighted by Crippen LogP contribution is -2.13. The van der Waals surface area contributed by atoms with Crippen LogP contribution < -0.4 is 5.32 Å². The molecule has 4 aromatic rings. The Bertz CT molecular complexity index is 1130. The van der Waals surface area contributed by atoms with E-state index in [9.17, 15) is 4.79 Å². The van der Waals surface area contributed by atoms with Crippen molar-refractivity contribution in [1.29, 1.82) is 0 Å². The molecule has 0 aliphatic heterocycles. The maximum absolute atomic E-state index is 12.3. The first kappa shape index (κ1) is 19.6. The van der Waals surface area contributed by atoms with Crippen LogP contribution in [0, 0.1) is 0 Å². The van der Waals surface area contributed by atoms with Gasteiger partial charge in [-0.3, -0.25) is 9.48 Å². The molecule has 2 aromatic carbocycles. The fraction of sp³-hybridized carbons (Fsp3) is 0.182. The molecular formula is C22H20Cl2N4O. The van der Waals surface area contributed by atoms with E-state index in [0.717, 1.165) is 23.9 Å². The molecule has 0 unspecified atom stereocenters. The number of rotatable bonds is 7. The molecule has 5 nitrogen and oxygen atoms in total. The number of aryl methyl sites for hydroxylation is 1. The topological polar surface area (TPSA) is 62.7 Å². The molecule has 2 N–H and O–H groups in total. The quantitative estimate of drug-likeness (QED) is 0.399. The number of hydrogen-bond donors (Lipinski definition) is 2. The number of fused-ring (bicyclic) bond motifs is 1. The van der Waals surface area contributed by atoms with Crippen molar-refractivity contribution in [3.05, 3.63) is 82.1 Å². The molecule has 0 atom stereocenters. The number of aromatic amines is 1. The van der Waals surface area contributed by atoms with E-state index >= 15 is 0 Å². The van der Waals surface area contributed by atoms with Crippen LogP contribution in [0.15, 0.2) is 60.9 Å². The fourth-order valence-electron chi connectivity index (χ4n) is 3.31. The van der Waals surface area contributed by atoms with Gasteiger partial charge in [-0.05, 0) is 42.2 Å². The minimum atomic E-state index is -0.0940. The van der Waals surface area contributed by atoms with Crippen LogP contribution in [0.4, 0.5) is 5.82 Å². The van der Waals surface area contributed by atoms with Crippen LogP contribution in [-0.4, -0.2) is 20.7 Å². The van der Waals surface area contributed by atoms with Crippen molar-refractivity contribution < 1.29 is 4.79 Å². The van der Waals surface area contributed by atoms with Gasteiger partial charge in [0.1, 0.15) is 5.02 Å². The zero-order valence-corrected chi connectivity index (χ0v) is 17.2. The van der Waals surface area contributed by atoms with Gasteiger partial charge in [0.2, 0.25) is 5.91 Å². The second-order valence-electron chi connectivity index (χ2n) is 6.91. The number of H-pyrrole nitrogens is 1. The van der Waals surface area contributed by atoms with Gasteiger partial charge in [-0.15, -0.1) is 0 Å². The molecule has 0 fully saturated rings. The second kappa shape index (κ2) is 8.72. The first-order valence-electron chi connectivity index (χ1n) is 9.41. The van der Waals surface area contributed by atoms with Crippen molar-refractivity contribution >= 4 is 45.8 Å². The van der Waals surface area contributed by atoms with Gasteiger partial charge >= 0.3 is 0 Å². The van der Waals surface area contributed by atoms with Crippen molar-refractivity contribution in [2.75, 3.05) is 5.32 Å². The van der Waals surface area contributed by atoms with Crippen LogP contribution in [0.3, 0.4) is 0 Å². The van der Waals surface area contributed by atoms with Gasteiger partial charge in [0.05, 0.1) is 6.54 Å². The Morgan fingerprint density at radius 2 is 1.90 bits per heavy atom. The SMILES string of the molecule is O=C(CCCc1c[nH]c2ccccc12)Nc1nn(Cc2ccc(Cl)cc2)cc1Cl. The van der Waals surface area contributed by atoms with E-state index in [2.05, 4.69) is 21.5 Å². The van der Waals surface area contributed by atoms with E-state index in [1.807, 2.05) is 48.7 Å². The summed E-state index contributed by atoms with van der Waals surface area (Å²) in [5.74, 6) is 0.293. The molecular weight excluding hydrogens is 407 g/mol. The highest BCUT2D eigenvalue weighted by atomic mass is 35.5. The van der Waals surface area contributed by atoms with E-state index < -0.39 is 0 Å². The lowest BCUT2D eigenvalue weighted by molar-refractivity contribution is -0.116. The molecule has 0 saturated carbocycles. The average Bonchev–Trinajstić information content (AvgIpc) is 3.27. The third-order valence-electron chi connectivity index (χ3n) is 4.76.